The number of aryl methyl sites for hydroxylation is 1. The molecule has 230 valence electrons. The zero-order valence-electron chi connectivity index (χ0n) is 24.1. The molecule has 0 heterocycles. The first-order valence-corrected chi connectivity index (χ1v) is 13.7. The van der Waals surface area contributed by atoms with Gasteiger partial charge in [-0.2, -0.15) is 0 Å². The Morgan fingerprint density at radius 1 is 0.600 bits per heavy atom. The summed E-state index contributed by atoms with van der Waals surface area (Å²) in [5.74, 6) is 0. The Balaban J connectivity index is 1.82. The average Bonchev–Trinajstić information content (AvgIpc) is 2.90. The molecule has 1 rings (SSSR count). The van der Waals surface area contributed by atoms with Gasteiger partial charge < -0.3 is 33.2 Å². The molecular formula is C27H46N2O11. The van der Waals surface area contributed by atoms with Crippen molar-refractivity contribution in [3.8, 4) is 0 Å². The van der Waals surface area contributed by atoms with Crippen molar-refractivity contribution in [3.05, 3.63) is 44.0 Å². The van der Waals surface area contributed by atoms with Crippen LogP contribution in [0.4, 0.5) is 11.4 Å². The number of benzene rings is 1. The molecule has 0 aromatic heterocycles. The monoisotopic (exact) mass is 574 g/mol. The molecule has 13 nitrogen and oxygen atoms in total. The number of rotatable bonds is 26. The van der Waals surface area contributed by atoms with Gasteiger partial charge in [0, 0.05) is 24.8 Å². The van der Waals surface area contributed by atoms with E-state index in [1.165, 1.54) is 12.1 Å². The minimum atomic E-state index is -0.650. The van der Waals surface area contributed by atoms with Crippen LogP contribution in [0.15, 0.2) is 18.2 Å². The van der Waals surface area contributed by atoms with Crippen molar-refractivity contribution in [2.24, 2.45) is 5.41 Å². The Morgan fingerprint density at radius 3 is 1.38 bits per heavy atom. The molecule has 0 aliphatic heterocycles. The van der Waals surface area contributed by atoms with E-state index >= 15 is 0 Å². The van der Waals surface area contributed by atoms with Crippen LogP contribution in [0.25, 0.3) is 0 Å². The lowest BCUT2D eigenvalue weighted by Crippen LogP contribution is -2.15. The number of ether oxygens (including phenoxy) is 7. The van der Waals surface area contributed by atoms with Crippen LogP contribution in [-0.2, 0) is 39.6 Å². The fourth-order valence-corrected chi connectivity index (χ4v) is 3.21. The van der Waals surface area contributed by atoms with Gasteiger partial charge in [-0.3, -0.25) is 20.2 Å². The summed E-state index contributed by atoms with van der Waals surface area (Å²) >= 11 is 0. The van der Waals surface area contributed by atoms with Gasteiger partial charge in [-0.15, -0.1) is 0 Å². The van der Waals surface area contributed by atoms with Crippen molar-refractivity contribution in [1.82, 2.24) is 0 Å². The van der Waals surface area contributed by atoms with Crippen molar-refractivity contribution < 1.29 is 43.0 Å². The molecule has 0 amide bonds. The van der Waals surface area contributed by atoms with Crippen molar-refractivity contribution in [2.45, 2.75) is 40.0 Å². The molecule has 0 fully saturated rings. The number of non-ortho nitro benzene ring substituents is 1. The van der Waals surface area contributed by atoms with E-state index in [9.17, 15) is 20.2 Å². The second kappa shape index (κ2) is 22.4. The maximum atomic E-state index is 11.2. The van der Waals surface area contributed by atoms with Gasteiger partial charge >= 0.3 is 0 Å². The molecule has 0 radical (unpaired) electrons. The molecule has 13 heteroatoms. The van der Waals surface area contributed by atoms with Crippen LogP contribution in [0, 0.1) is 25.6 Å². The van der Waals surface area contributed by atoms with Gasteiger partial charge in [0.15, 0.2) is 0 Å². The lowest BCUT2D eigenvalue weighted by Gasteiger charge is -2.17. The van der Waals surface area contributed by atoms with Crippen LogP contribution in [0.1, 0.15) is 39.2 Å². The van der Waals surface area contributed by atoms with E-state index in [4.69, 9.17) is 33.2 Å². The van der Waals surface area contributed by atoms with Gasteiger partial charge in [-0.05, 0) is 30.7 Å². The summed E-state index contributed by atoms with van der Waals surface area (Å²) in [5.41, 5.74) is 0.183. The standard InChI is InChI=1S/C27H46N2O11/c1-27(2,3)8-10-35-12-14-37-16-18-39-20-22-40-21-19-38-17-15-36-13-11-34-9-4-5-24-6-7-25(28(30)31)23-26(24)29(32)33/h6-7,23H,4-5,8-22H2,1-3H3. The third kappa shape index (κ3) is 19.7. The topological polar surface area (TPSA) is 151 Å². The second-order valence-corrected chi connectivity index (χ2v) is 10.0. The summed E-state index contributed by atoms with van der Waals surface area (Å²) in [7, 11) is 0. The van der Waals surface area contributed by atoms with E-state index in [0.29, 0.717) is 104 Å². The first kappa shape index (κ1) is 35.8. The molecular weight excluding hydrogens is 528 g/mol. The minimum absolute atomic E-state index is 0.249. The van der Waals surface area contributed by atoms with Gasteiger partial charge in [0.25, 0.3) is 11.4 Å². The molecule has 0 saturated heterocycles. The van der Waals surface area contributed by atoms with Crippen LogP contribution in [0.3, 0.4) is 0 Å². The Labute approximate surface area is 236 Å². The van der Waals surface area contributed by atoms with Crippen LogP contribution < -0.4 is 0 Å². The van der Waals surface area contributed by atoms with Crippen molar-refractivity contribution in [3.63, 3.8) is 0 Å². The molecule has 0 spiro atoms. The number of hydrogen-bond donors (Lipinski definition) is 0. The van der Waals surface area contributed by atoms with Crippen LogP contribution in [0.5, 0.6) is 0 Å². The van der Waals surface area contributed by atoms with Crippen molar-refractivity contribution in [2.75, 3.05) is 92.5 Å². The second-order valence-electron chi connectivity index (χ2n) is 10.0. The highest BCUT2D eigenvalue weighted by molar-refractivity contribution is 5.49. The summed E-state index contributed by atoms with van der Waals surface area (Å²) in [4.78, 5) is 20.7. The minimum Gasteiger partial charge on any atom is -0.379 e. The van der Waals surface area contributed by atoms with E-state index in [0.717, 1.165) is 19.1 Å². The van der Waals surface area contributed by atoms with Crippen LogP contribution >= 0.6 is 0 Å². The highest BCUT2D eigenvalue weighted by Gasteiger charge is 2.18. The molecule has 0 saturated carbocycles. The highest BCUT2D eigenvalue weighted by atomic mass is 16.6. The fraction of sp³-hybridized carbons (Fsp3) is 0.778. The number of nitro benzene ring substituents is 2. The summed E-state index contributed by atoms with van der Waals surface area (Å²) in [6.07, 6.45) is 1.97. The van der Waals surface area contributed by atoms with E-state index in [2.05, 4.69) is 20.8 Å². The molecule has 1 aromatic carbocycles. The van der Waals surface area contributed by atoms with Gasteiger partial charge in [0.1, 0.15) is 0 Å². The predicted molar refractivity (Wildman–Crippen MR) is 148 cm³/mol. The Hall–Kier alpha value is -2.26. The van der Waals surface area contributed by atoms with Gasteiger partial charge in [0.05, 0.1) is 95.2 Å². The van der Waals surface area contributed by atoms with Gasteiger partial charge in [-0.1, -0.05) is 20.8 Å². The zero-order valence-corrected chi connectivity index (χ0v) is 24.1. The summed E-state index contributed by atoms with van der Waals surface area (Å²) < 4.78 is 38.2. The lowest BCUT2D eigenvalue weighted by molar-refractivity contribution is -0.394. The number of hydrogen-bond acceptors (Lipinski definition) is 11. The van der Waals surface area contributed by atoms with E-state index in [1.807, 2.05) is 0 Å². The fourth-order valence-electron chi connectivity index (χ4n) is 3.21. The first-order valence-electron chi connectivity index (χ1n) is 13.7. The third-order valence-electron chi connectivity index (χ3n) is 5.44. The van der Waals surface area contributed by atoms with Gasteiger partial charge in [-0.25, -0.2) is 0 Å². The molecule has 40 heavy (non-hydrogen) atoms. The van der Waals surface area contributed by atoms with E-state index in [1.54, 1.807) is 0 Å². The summed E-state index contributed by atoms with van der Waals surface area (Å²) in [6, 6.07) is 3.67. The van der Waals surface area contributed by atoms with Crippen molar-refractivity contribution in [1.29, 1.82) is 0 Å². The Kier molecular flexibility index (Phi) is 20.1. The molecule has 0 aliphatic carbocycles. The highest BCUT2D eigenvalue weighted by Crippen LogP contribution is 2.25. The first-order chi connectivity index (χ1) is 19.2. The van der Waals surface area contributed by atoms with Gasteiger partial charge in [0.2, 0.25) is 0 Å². The molecule has 0 aliphatic rings. The molecule has 0 bridgehead atoms. The SMILES string of the molecule is CC(C)(C)CCOCCOCCOCCOCCOCCOCCOCCCc1ccc([N+](=O)[O-])cc1[N+](=O)[O-]. The Bertz CT molecular complexity index is 818. The smallest absolute Gasteiger partial charge is 0.279 e. The third-order valence-corrected chi connectivity index (χ3v) is 5.44. The maximum absolute atomic E-state index is 11.2. The summed E-state index contributed by atoms with van der Waals surface area (Å²) in [6.45, 7) is 13.5. The maximum Gasteiger partial charge on any atom is 0.279 e. The quantitative estimate of drug-likeness (QED) is 0.0897. The lowest BCUT2D eigenvalue weighted by atomic mass is 9.93. The molecule has 1 aromatic rings. The number of nitrogens with zero attached hydrogens (tertiary/aromatic N) is 2. The molecule has 0 unspecified atom stereocenters. The van der Waals surface area contributed by atoms with Crippen molar-refractivity contribution >= 4 is 11.4 Å². The predicted octanol–water partition coefficient (Wildman–Crippen LogP) is 3.99. The zero-order chi connectivity index (χ0) is 29.5. The van der Waals surface area contributed by atoms with E-state index < -0.39 is 9.85 Å². The van der Waals surface area contributed by atoms with Crippen LogP contribution in [0.2, 0.25) is 0 Å². The summed E-state index contributed by atoms with van der Waals surface area (Å²) in [5, 5.41) is 21.9. The van der Waals surface area contributed by atoms with E-state index in [-0.39, 0.29) is 16.8 Å². The average molecular weight is 575 g/mol. The molecule has 0 atom stereocenters. The van der Waals surface area contributed by atoms with Crippen LogP contribution in [-0.4, -0.2) is 102 Å². The number of nitro groups is 2. The Morgan fingerprint density at radius 2 is 1.00 bits per heavy atom. The largest absolute Gasteiger partial charge is 0.379 e. The molecule has 0 N–H and O–H groups in total. The normalized spacial score (nSPS) is 11.7.